The van der Waals surface area contributed by atoms with E-state index in [4.69, 9.17) is 4.74 Å². The first kappa shape index (κ1) is 34.1. The molecule has 4 amide bonds. The van der Waals surface area contributed by atoms with E-state index >= 15 is 0 Å². The normalized spacial score (nSPS) is 14.9. The van der Waals surface area contributed by atoms with E-state index < -0.39 is 0 Å². The quantitative estimate of drug-likeness (QED) is 0.158. The molecule has 248 valence electrons. The number of carbonyl (C=O) groups is 3. The van der Waals surface area contributed by atoms with Crippen LogP contribution in [0.25, 0.3) is 10.2 Å². The number of para-hydroxylation sites is 1. The Hall–Kier alpha value is -5.21. The van der Waals surface area contributed by atoms with Gasteiger partial charge in [-0.3, -0.25) is 14.5 Å². The zero-order valence-electron chi connectivity index (χ0n) is 28.1. The first-order chi connectivity index (χ1) is 23.0. The van der Waals surface area contributed by atoms with Crippen LogP contribution in [0.5, 0.6) is 11.5 Å². The molecule has 4 aromatic rings. The fourth-order valence-corrected chi connectivity index (χ4v) is 6.80. The predicted molar refractivity (Wildman–Crippen MR) is 190 cm³/mol. The number of pyridine rings is 1. The number of ether oxygens (including phenoxy) is 1. The Morgan fingerprint density at radius 2 is 1.77 bits per heavy atom. The second-order valence-electron chi connectivity index (χ2n) is 12.5. The van der Waals surface area contributed by atoms with Crippen LogP contribution in [0.1, 0.15) is 62.7 Å². The lowest BCUT2D eigenvalue weighted by Crippen LogP contribution is -2.47. The van der Waals surface area contributed by atoms with Crippen LogP contribution in [0.3, 0.4) is 0 Å². The van der Waals surface area contributed by atoms with Crippen molar-refractivity contribution in [3.05, 3.63) is 82.9 Å². The number of rotatable bonds is 6. The van der Waals surface area contributed by atoms with Crippen molar-refractivity contribution in [3.63, 3.8) is 0 Å². The van der Waals surface area contributed by atoms with E-state index in [1.54, 1.807) is 28.1 Å². The average Bonchev–Trinajstić information content (AvgIpc) is 3.45. The molecule has 6 rings (SSSR count). The first-order valence-corrected chi connectivity index (χ1v) is 16.9. The number of nitrogens with one attached hydrogen (secondary N) is 2. The first-order valence-electron chi connectivity index (χ1n) is 16.1. The summed E-state index contributed by atoms with van der Waals surface area (Å²) in [4.78, 5) is 49.0. The minimum absolute atomic E-state index is 0.138. The molecule has 2 aliphatic heterocycles. The van der Waals surface area contributed by atoms with E-state index in [1.807, 2.05) is 96.1 Å². The fraction of sp³-hybridized carbons (Fsp3) is 0.324. The molecule has 4 heterocycles. The van der Waals surface area contributed by atoms with E-state index in [-0.39, 0.29) is 34.9 Å². The molecular formula is C37H40N6O4S. The second-order valence-corrected chi connectivity index (χ2v) is 13.5. The lowest BCUT2D eigenvalue weighted by molar-refractivity contribution is -0.127. The number of likely N-dealkylation sites (tertiary alicyclic amines) is 1. The smallest absolute Gasteiger partial charge is 0.331 e. The summed E-state index contributed by atoms with van der Waals surface area (Å²) in [6.45, 7) is 12.6. The summed E-state index contributed by atoms with van der Waals surface area (Å²) in [6.07, 6.45) is 4.45. The predicted octanol–water partition coefficient (Wildman–Crippen LogP) is 8.32. The maximum atomic E-state index is 13.6. The number of anilines is 3. The topological polar surface area (TPSA) is 128 Å². The fourth-order valence-electron chi connectivity index (χ4n) is 5.77. The average molecular weight is 665 g/mol. The molecule has 2 aromatic heterocycles. The van der Waals surface area contributed by atoms with Crippen LogP contribution < -0.4 is 20.3 Å². The minimum Gasteiger partial charge on any atom is -0.457 e. The molecule has 1 saturated heterocycles. The number of aryl methyl sites for hydroxylation is 1. The highest BCUT2D eigenvalue weighted by Gasteiger charge is 2.34. The SMILES string of the molecule is CC.Cc1cc(Oc2ccccc2)ccc1N1C(=O)Nc2c(C(=O)NC3CCN(C(=O)/C(C#N)=C/C(C)(C)C)CC3)sc3nccc1c23. The van der Waals surface area contributed by atoms with Gasteiger partial charge in [0.05, 0.1) is 22.4 Å². The van der Waals surface area contributed by atoms with Crippen LogP contribution in [0.2, 0.25) is 0 Å². The van der Waals surface area contributed by atoms with Gasteiger partial charge in [0, 0.05) is 25.3 Å². The van der Waals surface area contributed by atoms with Crippen molar-refractivity contribution in [1.82, 2.24) is 15.2 Å². The maximum Gasteiger partial charge on any atom is 0.331 e. The number of urea groups is 1. The number of amides is 4. The van der Waals surface area contributed by atoms with Gasteiger partial charge in [-0.2, -0.15) is 5.26 Å². The number of nitriles is 1. The summed E-state index contributed by atoms with van der Waals surface area (Å²) >= 11 is 1.23. The highest BCUT2D eigenvalue weighted by atomic mass is 32.1. The van der Waals surface area contributed by atoms with Crippen LogP contribution in [0.4, 0.5) is 21.9 Å². The Morgan fingerprint density at radius 1 is 1.06 bits per heavy atom. The van der Waals surface area contributed by atoms with Crippen molar-refractivity contribution >= 4 is 56.5 Å². The third kappa shape index (κ3) is 7.19. The van der Waals surface area contributed by atoms with Crippen molar-refractivity contribution < 1.29 is 19.1 Å². The number of hydrogen-bond donors (Lipinski definition) is 2. The number of aromatic nitrogens is 1. The summed E-state index contributed by atoms with van der Waals surface area (Å²) in [5.74, 6) is 0.791. The minimum atomic E-state index is -0.379. The number of benzene rings is 2. The molecule has 0 unspecified atom stereocenters. The van der Waals surface area contributed by atoms with Gasteiger partial charge in [0.2, 0.25) is 0 Å². The third-order valence-corrected chi connectivity index (χ3v) is 8.98. The molecule has 0 atom stereocenters. The lowest BCUT2D eigenvalue weighted by Gasteiger charge is -2.32. The van der Waals surface area contributed by atoms with Gasteiger partial charge in [-0.15, -0.1) is 11.3 Å². The van der Waals surface area contributed by atoms with Crippen LogP contribution in [-0.4, -0.2) is 46.9 Å². The van der Waals surface area contributed by atoms with E-state index in [0.29, 0.717) is 63.8 Å². The Morgan fingerprint density at radius 3 is 2.42 bits per heavy atom. The Labute approximate surface area is 285 Å². The summed E-state index contributed by atoms with van der Waals surface area (Å²) < 4.78 is 5.98. The van der Waals surface area contributed by atoms with Crippen LogP contribution in [-0.2, 0) is 4.79 Å². The van der Waals surface area contributed by atoms with Gasteiger partial charge in [-0.25, -0.2) is 9.78 Å². The molecule has 0 bridgehead atoms. The highest BCUT2D eigenvalue weighted by molar-refractivity contribution is 7.21. The van der Waals surface area contributed by atoms with Crippen molar-refractivity contribution in [2.24, 2.45) is 5.41 Å². The summed E-state index contributed by atoms with van der Waals surface area (Å²) in [6, 6.07) is 18.3. The Bertz CT molecular complexity index is 1910. The van der Waals surface area contributed by atoms with Crippen LogP contribution in [0, 0.1) is 23.7 Å². The highest BCUT2D eigenvalue weighted by Crippen LogP contribution is 2.46. The molecule has 0 saturated carbocycles. The Balaban J connectivity index is 0.00000221. The monoisotopic (exact) mass is 664 g/mol. The van der Waals surface area contributed by atoms with Gasteiger partial charge >= 0.3 is 6.03 Å². The number of allylic oxidation sites excluding steroid dienone is 1. The van der Waals surface area contributed by atoms with Gasteiger partial charge in [0.1, 0.15) is 32.8 Å². The number of carbonyl (C=O) groups excluding carboxylic acids is 3. The second kappa shape index (κ2) is 14.3. The van der Waals surface area contributed by atoms with Gasteiger partial charge in [-0.1, -0.05) is 58.9 Å². The molecule has 48 heavy (non-hydrogen) atoms. The molecule has 1 fully saturated rings. The van der Waals surface area contributed by atoms with Crippen LogP contribution >= 0.6 is 11.3 Å². The molecule has 2 aliphatic rings. The molecule has 0 aliphatic carbocycles. The standard InChI is InChI=1S/C35H34N6O4S.C2H6/c1-21-18-25(45-24-8-6-5-7-9-24)10-11-26(21)41-27-12-15-37-32-28(27)29(39-34(41)44)30(46-32)31(42)38-23-13-16-40(17-14-23)33(43)22(20-36)19-35(2,3)4;1-2/h5-12,15,18-19,23H,13-14,16-17H2,1-4H3,(H,38,42)(H,39,44);1-2H3/b22-19+;. The van der Waals surface area contributed by atoms with Gasteiger partial charge in [0.15, 0.2) is 0 Å². The van der Waals surface area contributed by atoms with E-state index in [9.17, 15) is 19.6 Å². The zero-order valence-corrected chi connectivity index (χ0v) is 28.9. The molecule has 10 nitrogen and oxygen atoms in total. The molecular weight excluding hydrogens is 625 g/mol. The zero-order chi connectivity index (χ0) is 34.6. The van der Waals surface area contributed by atoms with E-state index in [2.05, 4.69) is 15.6 Å². The van der Waals surface area contributed by atoms with Gasteiger partial charge < -0.3 is 20.3 Å². The summed E-state index contributed by atoms with van der Waals surface area (Å²) in [5.41, 5.74) is 2.46. The van der Waals surface area contributed by atoms with Crippen molar-refractivity contribution in [3.8, 4) is 17.6 Å². The molecule has 2 aromatic carbocycles. The third-order valence-electron chi connectivity index (χ3n) is 7.89. The maximum absolute atomic E-state index is 13.6. The molecule has 0 spiro atoms. The summed E-state index contributed by atoms with van der Waals surface area (Å²) in [5, 5.41) is 16.3. The van der Waals surface area contributed by atoms with E-state index in [1.165, 1.54) is 11.3 Å². The molecule has 2 N–H and O–H groups in total. The molecule has 0 radical (unpaired) electrons. The van der Waals surface area contributed by atoms with Crippen LogP contribution in [0.15, 0.2) is 72.4 Å². The van der Waals surface area contributed by atoms with Gasteiger partial charge in [0.25, 0.3) is 11.8 Å². The number of piperidine rings is 1. The van der Waals surface area contributed by atoms with Crippen molar-refractivity contribution in [2.75, 3.05) is 23.3 Å². The lowest BCUT2D eigenvalue weighted by atomic mass is 9.93. The van der Waals surface area contributed by atoms with Crippen molar-refractivity contribution in [1.29, 1.82) is 5.26 Å². The number of nitrogens with zero attached hydrogens (tertiary/aromatic N) is 4. The Kier molecular flexibility index (Phi) is 10.2. The van der Waals surface area contributed by atoms with E-state index in [0.717, 1.165) is 11.3 Å². The van der Waals surface area contributed by atoms with Gasteiger partial charge in [-0.05, 0) is 67.1 Å². The summed E-state index contributed by atoms with van der Waals surface area (Å²) in [7, 11) is 0. The number of hydrogen-bond acceptors (Lipinski definition) is 7. The van der Waals surface area contributed by atoms with Crippen molar-refractivity contribution in [2.45, 2.75) is 60.4 Å². The molecule has 11 heteroatoms. The largest absolute Gasteiger partial charge is 0.457 e. The number of thiophene rings is 1.